The van der Waals surface area contributed by atoms with Crippen LogP contribution in [0.3, 0.4) is 0 Å². The van der Waals surface area contributed by atoms with E-state index in [2.05, 4.69) is 18.8 Å². The number of rotatable bonds is 8. The second-order valence-corrected chi connectivity index (χ2v) is 5.27. The van der Waals surface area contributed by atoms with Gasteiger partial charge in [0.25, 0.3) is 5.91 Å². The van der Waals surface area contributed by atoms with E-state index in [1.807, 2.05) is 10.3 Å². The maximum Gasteiger partial charge on any atom is 0.273 e. The number of thiazole rings is 1. The normalized spacial score (nSPS) is 10.6. The highest BCUT2D eigenvalue weighted by Crippen LogP contribution is 2.12. The summed E-state index contributed by atoms with van der Waals surface area (Å²) < 4.78 is 0. The van der Waals surface area contributed by atoms with E-state index in [1.165, 1.54) is 11.3 Å². The average molecular weight is 269 g/mol. The predicted molar refractivity (Wildman–Crippen MR) is 75.7 cm³/mol. The minimum Gasteiger partial charge on any atom is -0.337 e. The highest BCUT2D eigenvalue weighted by atomic mass is 32.1. The fourth-order valence-electron chi connectivity index (χ4n) is 1.68. The topological polar surface area (TPSA) is 59.2 Å². The number of amides is 1. The molecule has 18 heavy (non-hydrogen) atoms. The Morgan fingerprint density at radius 1 is 1.33 bits per heavy atom. The third-order valence-corrected chi connectivity index (χ3v) is 3.67. The van der Waals surface area contributed by atoms with Crippen molar-refractivity contribution in [3.63, 3.8) is 0 Å². The van der Waals surface area contributed by atoms with E-state index in [0.29, 0.717) is 12.2 Å². The third kappa shape index (κ3) is 4.38. The Hall–Kier alpha value is -0.940. The van der Waals surface area contributed by atoms with Gasteiger partial charge < -0.3 is 10.6 Å². The molecule has 1 amide bonds. The molecule has 0 aliphatic heterocycles. The lowest BCUT2D eigenvalue weighted by atomic mass is 10.2. The first kappa shape index (κ1) is 15.1. The molecule has 5 heteroatoms. The van der Waals surface area contributed by atoms with Crippen molar-refractivity contribution in [1.82, 2.24) is 9.88 Å². The Labute approximate surface area is 113 Å². The Morgan fingerprint density at radius 3 is 2.39 bits per heavy atom. The number of hydrogen-bond acceptors (Lipinski definition) is 4. The second-order valence-electron chi connectivity index (χ2n) is 4.33. The van der Waals surface area contributed by atoms with Gasteiger partial charge in [0.1, 0.15) is 10.7 Å². The van der Waals surface area contributed by atoms with Crippen molar-refractivity contribution < 1.29 is 4.79 Å². The molecule has 0 spiro atoms. The predicted octanol–water partition coefficient (Wildman–Crippen LogP) is 2.64. The van der Waals surface area contributed by atoms with Gasteiger partial charge >= 0.3 is 0 Å². The number of aromatic nitrogens is 1. The van der Waals surface area contributed by atoms with Crippen molar-refractivity contribution in [3.05, 3.63) is 16.1 Å². The van der Waals surface area contributed by atoms with Crippen LogP contribution >= 0.6 is 11.3 Å². The summed E-state index contributed by atoms with van der Waals surface area (Å²) in [6.45, 7) is 6.33. The van der Waals surface area contributed by atoms with Gasteiger partial charge in [0, 0.05) is 25.0 Å². The summed E-state index contributed by atoms with van der Waals surface area (Å²) in [5.74, 6) is 0.0489. The van der Waals surface area contributed by atoms with E-state index in [4.69, 9.17) is 5.73 Å². The lowest BCUT2D eigenvalue weighted by molar-refractivity contribution is 0.0746. The van der Waals surface area contributed by atoms with Crippen LogP contribution in [0.4, 0.5) is 0 Å². The fraction of sp³-hybridized carbons (Fsp3) is 0.692. The molecule has 2 N–H and O–H groups in total. The van der Waals surface area contributed by atoms with E-state index in [-0.39, 0.29) is 5.91 Å². The van der Waals surface area contributed by atoms with Crippen molar-refractivity contribution in [3.8, 4) is 0 Å². The van der Waals surface area contributed by atoms with Crippen molar-refractivity contribution >= 4 is 17.2 Å². The molecular formula is C13H23N3OS. The average Bonchev–Trinajstić information content (AvgIpc) is 2.87. The quantitative estimate of drug-likeness (QED) is 0.789. The zero-order valence-electron chi connectivity index (χ0n) is 11.3. The highest BCUT2D eigenvalue weighted by molar-refractivity contribution is 7.09. The van der Waals surface area contributed by atoms with Crippen LogP contribution in [0.5, 0.6) is 0 Å². The number of nitrogens with two attached hydrogens (primary N) is 1. The summed E-state index contributed by atoms with van der Waals surface area (Å²) in [6.07, 6.45) is 4.29. The Bertz CT molecular complexity index is 357. The molecule has 4 nitrogen and oxygen atoms in total. The first-order valence-electron chi connectivity index (χ1n) is 6.66. The molecule has 0 saturated heterocycles. The summed E-state index contributed by atoms with van der Waals surface area (Å²) in [7, 11) is 0. The number of unbranched alkanes of at least 4 members (excludes halogenated alkanes) is 2. The number of hydrogen-bond donors (Lipinski definition) is 1. The first-order chi connectivity index (χ1) is 8.72. The van der Waals surface area contributed by atoms with E-state index in [0.717, 1.165) is 43.8 Å². The van der Waals surface area contributed by atoms with E-state index >= 15 is 0 Å². The molecule has 0 unspecified atom stereocenters. The molecule has 0 bridgehead atoms. The molecule has 1 aromatic heterocycles. The summed E-state index contributed by atoms with van der Waals surface area (Å²) in [5.41, 5.74) is 6.07. The molecular weight excluding hydrogens is 246 g/mol. The number of carbonyl (C=O) groups is 1. The molecule has 0 aromatic carbocycles. The van der Waals surface area contributed by atoms with Gasteiger partial charge in [0.15, 0.2) is 0 Å². The van der Waals surface area contributed by atoms with Crippen LogP contribution in [-0.2, 0) is 6.54 Å². The van der Waals surface area contributed by atoms with Gasteiger partial charge in [-0.05, 0) is 12.8 Å². The molecule has 0 saturated carbocycles. The lowest BCUT2D eigenvalue weighted by Gasteiger charge is -2.21. The van der Waals surface area contributed by atoms with Crippen LogP contribution in [0.15, 0.2) is 5.38 Å². The zero-order valence-corrected chi connectivity index (χ0v) is 12.1. The van der Waals surface area contributed by atoms with Crippen molar-refractivity contribution in [1.29, 1.82) is 0 Å². The lowest BCUT2D eigenvalue weighted by Crippen LogP contribution is -2.33. The highest BCUT2D eigenvalue weighted by Gasteiger charge is 2.17. The van der Waals surface area contributed by atoms with Gasteiger partial charge in [-0.1, -0.05) is 26.7 Å². The Morgan fingerprint density at radius 2 is 1.94 bits per heavy atom. The van der Waals surface area contributed by atoms with E-state index in [1.54, 1.807) is 0 Å². The Balaban J connectivity index is 2.67. The summed E-state index contributed by atoms with van der Waals surface area (Å²) >= 11 is 1.46. The summed E-state index contributed by atoms with van der Waals surface area (Å²) in [6, 6.07) is 0. The minimum absolute atomic E-state index is 0.0489. The zero-order chi connectivity index (χ0) is 13.4. The van der Waals surface area contributed by atoms with Gasteiger partial charge in [0.05, 0.1) is 0 Å². The van der Waals surface area contributed by atoms with Crippen LogP contribution in [0, 0.1) is 0 Å². The molecule has 0 atom stereocenters. The van der Waals surface area contributed by atoms with Gasteiger partial charge in [-0.25, -0.2) is 4.98 Å². The fourth-order valence-corrected chi connectivity index (χ4v) is 2.33. The summed E-state index contributed by atoms with van der Waals surface area (Å²) in [4.78, 5) is 18.5. The number of nitrogens with zero attached hydrogens (tertiary/aromatic N) is 2. The Kier molecular flexibility index (Phi) is 6.90. The largest absolute Gasteiger partial charge is 0.337 e. The molecule has 0 radical (unpaired) electrons. The van der Waals surface area contributed by atoms with Crippen LogP contribution < -0.4 is 5.73 Å². The molecule has 1 aromatic rings. The molecule has 1 heterocycles. The van der Waals surface area contributed by atoms with Crippen LogP contribution in [0.2, 0.25) is 0 Å². The summed E-state index contributed by atoms with van der Waals surface area (Å²) in [5, 5.41) is 2.64. The molecule has 0 fully saturated rings. The van der Waals surface area contributed by atoms with Gasteiger partial charge in [-0.3, -0.25) is 4.79 Å². The van der Waals surface area contributed by atoms with Crippen molar-refractivity contribution in [2.45, 2.75) is 46.1 Å². The maximum atomic E-state index is 12.3. The van der Waals surface area contributed by atoms with Gasteiger partial charge in [-0.2, -0.15) is 0 Å². The molecule has 1 rings (SSSR count). The maximum absolute atomic E-state index is 12.3. The van der Waals surface area contributed by atoms with E-state index in [9.17, 15) is 4.79 Å². The third-order valence-electron chi connectivity index (χ3n) is 2.80. The van der Waals surface area contributed by atoms with Crippen LogP contribution in [0.25, 0.3) is 0 Å². The molecule has 102 valence electrons. The standard InChI is InChI=1S/C13H23N3OS/c1-3-5-7-16(8-6-4-2)13(17)11-10-18-12(9-14)15-11/h10H,3-9,14H2,1-2H3. The van der Waals surface area contributed by atoms with Crippen molar-refractivity contribution in [2.24, 2.45) is 5.73 Å². The minimum atomic E-state index is 0.0489. The van der Waals surface area contributed by atoms with Crippen LogP contribution in [0.1, 0.15) is 55.0 Å². The van der Waals surface area contributed by atoms with Gasteiger partial charge in [0.2, 0.25) is 0 Å². The number of carbonyl (C=O) groups excluding carboxylic acids is 1. The van der Waals surface area contributed by atoms with E-state index < -0.39 is 0 Å². The second kappa shape index (κ2) is 8.21. The van der Waals surface area contributed by atoms with Crippen LogP contribution in [-0.4, -0.2) is 28.9 Å². The molecule has 0 aliphatic carbocycles. The van der Waals surface area contributed by atoms with Crippen molar-refractivity contribution in [2.75, 3.05) is 13.1 Å². The monoisotopic (exact) mass is 269 g/mol. The molecule has 0 aliphatic rings. The smallest absolute Gasteiger partial charge is 0.273 e. The SMILES string of the molecule is CCCCN(CCCC)C(=O)c1csc(CN)n1. The van der Waals surface area contributed by atoms with Gasteiger partial charge in [-0.15, -0.1) is 11.3 Å². The first-order valence-corrected chi connectivity index (χ1v) is 7.54.